The van der Waals surface area contributed by atoms with Crippen LogP contribution in [-0.2, 0) is 6.54 Å². The van der Waals surface area contributed by atoms with Crippen LogP contribution in [0.25, 0.3) is 0 Å². The van der Waals surface area contributed by atoms with Crippen LogP contribution in [0.2, 0.25) is 0 Å². The van der Waals surface area contributed by atoms with Crippen molar-refractivity contribution in [2.24, 2.45) is 0 Å². The molecule has 0 amide bonds. The van der Waals surface area contributed by atoms with Gasteiger partial charge in [0.15, 0.2) is 0 Å². The quantitative estimate of drug-likeness (QED) is 0.785. The third-order valence-electron chi connectivity index (χ3n) is 3.73. The minimum atomic E-state index is -0.637. The van der Waals surface area contributed by atoms with E-state index in [1.165, 1.54) is 12.1 Å². The van der Waals surface area contributed by atoms with Crippen LogP contribution < -0.4 is 0 Å². The number of aliphatic hydroxyl groups is 1. The first-order valence-corrected chi connectivity index (χ1v) is 7.18. The molecule has 0 aliphatic rings. The summed E-state index contributed by atoms with van der Waals surface area (Å²) in [5.41, 5.74) is 1.89. The zero-order valence-electron chi connectivity index (χ0n) is 12.0. The Balaban J connectivity index is 1.93. The van der Waals surface area contributed by atoms with E-state index in [4.69, 9.17) is 0 Å². The lowest BCUT2D eigenvalue weighted by Gasteiger charge is -2.24. The average Bonchev–Trinajstić information content (AvgIpc) is 3.03. The SMILES string of the molecule is O[C@@H](Cn1ccnc1)[C@H](c1ccccc1)c1ccc(F)cc1. The number of nitrogens with zero attached hydrogens (tertiary/aromatic N) is 2. The number of benzene rings is 2. The number of hydrogen-bond donors (Lipinski definition) is 1. The molecular formula is C18H17FN2O. The number of aliphatic hydroxyl groups excluding tert-OH is 1. The molecule has 0 radical (unpaired) electrons. The largest absolute Gasteiger partial charge is 0.390 e. The Kier molecular flexibility index (Phi) is 4.30. The maximum Gasteiger partial charge on any atom is 0.123 e. The van der Waals surface area contributed by atoms with E-state index in [0.29, 0.717) is 6.54 Å². The molecule has 1 N–H and O–H groups in total. The van der Waals surface area contributed by atoms with Gasteiger partial charge in [0.25, 0.3) is 0 Å². The maximum absolute atomic E-state index is 13.2. The monoisotopic (exact) mass is 296 g/mol. The molecule has 3 rings (SSSR count). The zero-order chi connectivity index (χ0) is 15.4. The highest BCUT2D eigenvalue weighted by Crippen LogP contribution is 2.29. The van der Waals surface area contributed by atoms with E-state index in [2.05, 4.69) is 4.98 Å². The van der Waals surface area contributed by atoms with Gasteiger partial charge in [-0.1, -0.05) is 42.5 Å². The van der Waals surface area contributed by atoms with Crippen LogP contribution in [-0.4, -0.2) is 20.8 Å². The molecule has 1 heterocycles. The number of hydrogen-bond acceptors (Lipinski definition) is 2. The normalized spacial score (nSPS) is 13.7. The van der Waals surface area contributed by atoms with Crippen LogP contribution >= 0.6 is 0 Å². The second kappa shape index (κ2) is 6.54. The lowest BCUT2D eigenvalue weighted by molar-refractivity contribution is 0.136. The number of halogens is 1. The summed E-state index contributed by atoms with van der Waals surface area (Å²) in [5, 5.41) is 10.7. The molecular weight excluding hydrogens is 279 g/mol. The second-order valence-corrected chi connectivity index (χ2v) is 5.27. The summed E-state index contributed by atoms with van der Waals surface area (Å²) in [6.07, 6.45) is 4.54. The zero-order valence-corrected chi connectivity index (χ0v) is 12.0. The lowest BCUT2D eigenvalue weighted by Crippen LogP contribution is -2.24. The fourth-order valence-corrected chi connectivity index (χ4v) is 2.68. The molecule has 2 aromatic carbocycles. The van der Waals surface area contributed by atoms with Gasteiger partial charge in [-0.05, 0) is 23.3 Å². The molecule has 3 aromatic rings. The van der Waals surface area contributed by atoms with Gasteiger partial charge in [-0.15, -0.1) is 0 Å². The molecule has 1 aromatic heterocycles. The van der Waals surface area contributed by atoms with Crippen LogP contribution in [0.3, 0.4) is 0 Å². The summed E-state index contributed by atoms with van der Waals surface area (Å²) in [5.74, 6) is -0.496. The van der Waals surface area contributed by atoms with E-state index in [9.17, 15) is 9.50 Å². The number of rotatable bonds is 5. The van der Waals surface area contributed by atoms with Gasteiger partial charge in [-0.25, -0.2) is 9.37 Å². The summed E-state index contributed by atoms with van der Waals surface area (Å²) in [6, 6.07) is 16.1. The number of aromatic nitrogens is 2. The molecule has 0 bridgehead atoms. The Morgan fingerprint density at radius 2 is 1.68 bits per heavy atom. The van der Waals surface area contributed by atoms with Gasteiger partial charge in [0.05, 0.1) is 19.0 Å². The summed E-state index contributed by atoms with van der Waals surface area (Å²) < 4.78 is 15.0. The first-order chi connectivity index (χ1) is 10.7. The first-order valence-electron chi connectivity index (χ1n) is 7.18. The molecule has 0 saturated heterocycles. The van der Waals surface area contributed by atoms with Crippen molar-refractivity contribution < 1.29 is 9.50 Å². The van der Waals surface area contributed by atoms with Gasteiger partial charge in [-0.2, -0.15) is 0 Å². The second-order valence-electron chi connectivity index (χ2n) is 5.27. The molecule has 0 spiro atoms. The average molecular weight is 296 g/mol. The predicted molar refractivity (Wildman–Crippen MR) is 82.9 cm³/mol. The van der Waals surface area contributed by atoms with E-state index < -0.39 is 6.10 Å². The van der Waals surface area contributed by atoms with E-state index in [1.807, 2.05) is 41.1 Å². The highest BCUT2D eigenvalue weighted by Gasteiger charge is 2.23. The Morgan fingerprint density at radius 3 is 2.32 bits per heavy atom. The standard InChI is InChI=1S/C18H17FN2O/c19-16-8-6-15(7-9-16)18(14-4-2-1-3-5-14)17(22)12-21-11-10-20-13-21/h1-11,13,17-18,22H,12H2/t17-,18+/m0/s1. The van der Waals surface area contributed by atoms with Gasteiger partial charge < -0.3 is 9.67 Å². The van der Waals surface area contributed by atoms with E-state index >= 15 is 0 Å². The molecule has 0 aliphatic carbocycles. The Labute approximate surface area is 128 Å². The molecule has 3 nitrogen and oxygen atoms in total. The van der Waals surface area contributed by atoms with Crippen LogP contribution in [0.4, 0.5) is 4.39 Å². The fraction of sp³-hybridized carbons (Fsp3) is 0.167. The smallest absolute Gasteiger partial charge is 0.123 e. The van der Waals surface area contributed by atoms with Gasteiger partial charge in [-0.3, -0.25) is 0 Å². The van der Waals surface area contributed by atoms with Crippen molar-refractivity contribution in [1.82, 2.24) is 9.55 Å². The Hall–Kier alpha value is -2.46. The topological polar surface area (TPSA) is 38.0 Å². The predicted octanol–water partition coefficient (Wildman–Crippen LogP) is 3.22. The van der Waals surface area contributed by atoms with Gasteiger partial charge in [0.1, 0.15) is 5.82 Å². The van der Waals surface area contributed by atoms with Crippen molar-refractivity contribution in [2.75, 3.05) is 0 Å². The van der Waals surface area contributed by atoms with Gasteiger partial charge in [0, 0.05) is 18.3 Å². The molecule has 0 fully saturated rings. The van der Waals surface area contributed by atoms with Crippen LogP contribution in [0, 0.1) is 5.82 Å². The minimum Gasteiger partial charge on any atom is -0.390 e. The Bertz CT molecular complexity index is 696. The fourth-order valence-electron chi connectivity index (χ4n) is 2.68. The molecule has 22 heavy (non-hydrogen) atoms. The summed E-state index contributed by atoms with van der Waals surface area (Å²) in [4.78, 5) is 3.99. The van der Waals surface area contributed by atoms with Crippen molar-refractivity contribution in [1.29, 1.82) is 0 Å². The third kappa shape index (κ3) is 3.23. The van der Waals surface area contributed by atoms with Crippen molar-refractivity contribution in [2.45, 2.75) is 18.6 Å². The lowest BCUT2D eigenvalue weighted by atomic mass is 9.86. The minimum absolute atomic E-state index is 0.218. The van der Waals surface area contributed by atoms with Gasteiger partial charge >= 0.3 is 0 Å². The molecule has 4 heteroatoms. The summed E-state index contributed by atoms with van der Waals surface area (Å²) >= 11 is 0. The highest BCUT2D eigenvalue weighted by molar-refractivity contribution is 5.33. The van der Waals surface area contributed by atoms with Crippen molar-refractivity contribution >= 4 is 0 Å². The maximum atomic E-state index is 13.2. The highest BCUT2D eigenvalue weighted by atomic mass is 19.1. The van der Waals surface area contributed by atoms with Crippen LogP contribution in [0.1, 0.15) is 17.0 Å². The first kappa shape index (κ1) is 14.5. The molecule has 112 valence electrons. The van der Waals surface area contributed by atoms with Crippen LogP contribution in [0.15, 0.2) is 73.3 Å². The van der Waals surface area contributed by atoms with Crippen molar-refractivity contribution in [3.05, 3.63) is 90.3 Å². The van der Waals surface area contributed by atoms with E-state index in [0.717, 1.165) is 11.1 Å². The Morgan fingerprint density at radius 1 is 1.00 bits per heavy atom. The summed E-state index contributed by atoms with van der Waals surface area (Å²) in [7, 11) is 0. The third-order valence-corrected chi connectivity index (χ3v) is 3.73. The van der Waals surface area contributed by atoms with Gasteiger partial charge in [0.2, 0.25) is 0 Å². The van der Waals surface area contributed by atoms with Crippen molar-refractivity contribution in [3.8, 4) is 0 Å². The molecule has 0 unspecified atom stereocenters. The summed E-state index contributed by atoms with van der Waals surface area (Å²) in [6.45, 7) is 0.428. The van der Waals surface area contributed by atoms with Crippen LogP contribution in [0.5, 0.6) is 0 Å². The van der Waals surface area contributed by atoms with E-state index in [-0.39, 0.29) is 11.7 Å². The van der Waals surface area contributed by atoms with Crippen molar-refractivity contribution in [3.63, 3.8) is 0 Å². The molecule has 0 saturated carbocycles. The molecule has 0 aliphatic heterocycles. The molecule has 2 atom stereocenters. The van der Waals surface area contributed by atoms with E-state index in [1.54, 1.807) is 24.7 Å². The number of imidazole rings is 1.